The lowest BCUT2D eigenvalue weighted by atomic mass is 10.2. The molecule has 0 fully saturated rings. The van der Waals surface area contributed by atoms with Crippen molar-refractivity contribution in [2.24, 2.45) is 0 Å². The quantitative estimate of drug-likeness (QED) is 0.878. The van der Waals surface area contributed by atoms with E-state index in [1.807, 2.05) is 67.4 Å². The first-order valence-corrected chi connectivity index (χ1v) is 7.43. The number of hydrogen-bond donors (Lipinski definition) is 1. The average Bonchev–Trinajstić information content (AvgIpc) is 2.65. The van der Waals surface area contributed by atoms with Crippen LogP contribution in [-0.4, -0.2) is 30.2 Å². The fourth-order valence-electron chi connectivity index (χ4n) is 1.96. The fraction of sp³-hybridized carbons (Fsp3) is 0.211. The van der Waals surface area contributed by atoms with Crippen LogP contribution in [0.2, 0.25) is 0 Å². The molecule has 0 aliphatic heterocycles. The summed E-state index contributed by atoms with van der Waals surface area (Å²) in [5, 5.41) is 0. The molecule has 0 unspecified atom stereocenters. The molecule has 0 aliphatic carbocycles. The highest BCUT2D eigenvalue weighted by atomic mass is 19.1. The van der Waals surface area contributed by atoms with Gasteiger partial charge in [0, 0.05) is 31.0 Å². The summed E-state index contributed by atoms with van der Waals surface area (Å²) in [4.78, 5) is 9.26. The molecule has 2 aromatic rings. The highest BCUT2D eigenvalue weighted by Gasteiger charge is 1.99. The Labute approximate surface area is 136 Å². The van der Waals surface area contributed by atoms with E-state index in [1.54, 1.807) is 6.20 Å². The average molecular weight is 309 g/mol. The molecule has 0 saturated heterocycles. The Morgan fingerprint density at radius 1 is 1.09 bits per heavy atom. The van der Waals surface area contributed by atoms with Gasteiger partial charge < -0.3 is 9.88 Å². The molecule has 4 heteroatoms. The largest absolute Gasteiger partial charge is 0.372 e. The summed E-state index contributed by atoms with van der Waals surface area (Å²) in [6.07, 6.45) is 1.73. The van der Waals surface area contributed by atoms with Crippen molar-refractivity contribution >= 4 is 5.69 Å². The van der Waals surface area contributed by atoms with Gasteiger partial charge in [0.15, 0.2) is 0 Å². The number of rotatable bonds is 3. The van der Waals surface area contributed by atoms with Crippen molar-refractivity contribution in [1.82, 2.24) is 9.97 Å². The molecule has 1 aromatic heterocycles. The topological polar surface area (TPSA) is 31.9 Å². The second-order valence-electron chi connectivity index (χ2n) is 5.05. The van der Waals surface area contributed by atoms with Crippen LogP contribution in [0.15, 0.2) is 54.7 Å². The second kappa shape index (κ2) is 8.60. The minimum atomic E-state index is -0.360. The standard InChI is InChI=1S/C19H20FN3/c1-16-21-14-5-3-4-6-18(22-16)10-7-17-8-11-19(12-9-17)23(2)15-13-20/h3-6,8-9,11-12,14H,13,15H2,1-2H3,(H,21,22). The van der Waals surface area contributed by atoms with Gasteiger partial charge in [-0.05, 0) is 49.2 Å². The Morgan fingerprint density at radius 3 is 2.61 bits per heavy atom. The lowest BCUT2D eigenvalue weighted by Gasteiger charge is -2.16. The van der Waals surface area contributed by atoms with E-state index in [9.17, 15) is 4.39 Å². The van der Waals surface area contributed by atoms with Gasteiger partial charge in [-0.3, -0.25) is 0 Å². The Hall–Kier alpha value is -2.80. The number of aromatic nitrogens is 2. The number of hydrogen-bond acceptors (Lipinski definition) is 2. The van der Waals surface area contributed by atoms with Crippen LogP contribution < -0.4 is 4.90 Å². The fourth-order valence-corrected chi connectivity index (χ4v) is 1.96. The SMILES string of the molecule is Cc1ncccccc(C#Cc2ccc(N(C)CCF)cc2)[nH]1. The number of alkyl halides is 1. The molecule has 23 heavy (non-hydrogen) atoms. The van der Waals surface area contributed by atoms with Crippen LogP contribution in [0.5, 0.6) is 0 Å². The summed E-state index contributed by atoms with van der Waals surface area (Å²) in [6, 6.07) is 15.4. The van der Waals surface area contributed by atoms with E-state index in [2.05, 4.69) is 21.8 Å². The summed E-state index contributed by atoms with van der Waals surface area (Å²) < 4.78 is 12.4. The van der Waals surface area contributed by atoms with E-state index < -0.39 is 0 Å². The molecular weight excluding hydrogens is 289 g/mol. The number of H-pyrrole nitrogens is 1. The lowest BCUT2D eigenvalue weighted by Crippen LogP contribution is -2.19. The van der Waals surface area contributed by atoms with E-state index >= 15 is 0 Å². The number of nitrogens with one attached hydrogen (secondary N) is 1. The van der Waals surface area contributed by atoms with Gasteiger partial charge in [0.2, 0.25) is 0 Å². The smallest absolute Gasteiger partial charge is 0.107 e. The maximum Gasteiger partial charge on any atom is 0.107 e. The molecule has 2 rings (SSSR count). The molecule has 0 spiro atoms. The van der Waals surface area contributed by atoms with Crippen molar-refractivity contribution in [3.8, 4) is 11.8 Å². The van der Waals surface area contributed by atoms with Crippen LogP contribution in [0.25, 0.3) is 0 Å². The third-order valence-corrected chi connectivity index (χ3v) is 3.22. The number of anilines is 1. The minimum Gasteiger partial charge on any atom is -0.372 e. The molecule has 0 radical (unpaired) electrons. The molecule has 0 atom stereocenters. The van der Waals surface area contributed by atoms with Crippen molar-refractivity contribution in [3.05, 3.63) is 71.8 Å². The number of nitrogens with zero attached hydrogens (tertiary/aromatic N) is 2. The predicted molar refractivity (Wildman–Crippen MR) is 92.6 cm³/mol. The van der Waals surface area contributed by atoms with Crippen LogP contribution in [0.3, 0.4) is 0 Å². The van der Waals surface area contributed by atoms with Crippen LogP contribution >= 0.6 is 0 Å². The zero-order valence-electron chi connectivity index (χ0n) is 13.4. The molecular formula is C19H20FN3. The van der Waals surface area contributed by atoms with Crippen molar-refractivity contribution < 1.29 is 4.39 Å². The molecule has 3 nitrogen and oxygen atoms in total. The summed E-state index contributed by atoms with van der Waals surface area (Å²) in [7, 11) is 1.87. The second-order valence-corrected chi connectivity index (χ2v) is 5.05. The first kappa shape index (κ1) is 16.6. The normalized spacial score (nSPS) is 9.52. The molecule has 1 heterocycles. The molecule has 0 amide bonds. The van der Waals surface area contributed by atoms with E-state index in [-0.39, 0.29) is 6.67 Å². The number of aromatic amines is 1. The minimum absolute atomic E-state index is 0.360. The van der Waals surface area contributed by atoms with Crippen LogP contribution in [-0.2, 0) is 0 Å². The van der Waals surface area contributed by atoms with Gasteiger partial charge in [0.1, 0.15) is 12.5 Å². The van der Waals surface area contributed by atoms with Crippen molar-refractivity contribution in [2.45, 2.75) is 6.92 Å². The Balaban J connectivity index is 2.23. The van der Waals surface area contributed by atoms with Crippen LogP contribution in [0, 0.1) is 18.8 Å². The zero-order valence-corrected chi connectivity index (χ0v) is 13.4. The summed E-state index contributed by atoms with van der Waals surface area (Å²) in [6.45, 7) is 1.92. The Kier molecular flexibility index (Phi) is 6.19. The maximum absolute atomic E-state index is 12.4. The Bertz CT molecular complexity index is 737. The highest BCUT2D eigenvalue weighted by Crippen LogP contribution is 2.13. The zero-order chi connectivity index (χ0) is 16.5. The van der Waals surface area contributed by atoms with E-state index in [0.29, 0.717) is 6.54 Å². The van der Waals surface area contributed by atoms with Crippen molar-refractivity contribution in [2.75, 3.05) is 25.2 Å². The third kappa shape index (κ3) is 5.48. The van der Waals surface area contributed by atoms with Gasteiger partial charge in [-0.1, -0.05) is 18.1 Å². The van der Waals surface area contributed by atoms with Gasteiger partial charge in [-0.15, -0.1) is 0 Å². The number of aryl methyl sites for hydroxylation is 1. The van der Waals surface area contributed by atoms with E-state index in [1.165, 1.54) is 0 Å². The lowest BCUT2D eigenvalue weighted by molar-refractivity contribution is 0.497. The summed E-state index contributed by atoms with van der Waals surface area (Å²) in [5.74, 6) is 7.01. The molecule has 118 valence electrons. The predicted octanol–water partition coefficient (Wildman–Crippen LogP) is 3.65. The molecule has 0 aliphatic rings. The summed E-state index contributed by atoms with van der Waals surface area (Å²) in [5.41, 5.74) is 2.66. The van der Waals surface area contributed by atoms with Gasteiger partial charge >= 0.3 is 0 Å². The first-order chi connectivity index (χ1) is 11.2. The monoisotopic (exact) mass is 309 g/mol. The van der Waals surface area contributed by atoms with Crippen molar-refractivity contribution in [1.29, 1.82) is 0 Å². The molecule has 0 bridgehead atoms. The van der Waals surface area contributed by atoms with Gasteiger partial charge in [0.05, 0.1) is 5.69 Å². The number of benzene rings is 1. The van der Waals surface area contributed by atoms with E-state index in [4.69, 9.17) is 0 Å². The molecule has 0 saturated carbocycles. The van der Waals surface area contributed by atoms with Gasteiger partial charge in [0.25, 0.3) is 0 Å². The van der Waals surface area contributed by atoms with Crippen LogP contribution in [0.1, 0.15) is 17.1 Å². The molecule has 1 aromatic carbocycles. The Morgan fingerprint density at radius 2 is 1.87 bits per heavy atom. The number of halogens is 1. The van der Waals surface area contributed by atoms with Crippen molar-refractivity contribution in [3.63, 3.8) is 0 Å². The maximum atomic E-state index is 12.4. The summed E-state index contributed by atoms with van der Waals surface area (Å²) >= 11 is 0. The first-order valence-electron chi connectivity index (χ1n) is 7.43. The third-order valence-electron chi connectivity index (χ3n) is 3.22. The van der Waals surface area contributed by atoms with E-state index in [0.717, 1.165) is 22.8 Å². The van der Waals surface area contributed by atoms with Crippen LogP contribution in [0.4, 0.5) is 10.1 Å². The highest BCUT2D eigenvalue weighted by molar-refractivity contribution is 5.50. The van der Waals surface area contributed by atoms with Gasteiger partial charge in [-0.2, -0.15) is 0 Å². The van der Waals surface area contributed by atoms with Gasteiger partial charge in [-0.25, -0.2) is 9.37 Å². The molecule has 1 N–H and O–H groups in total.